The first-order chi connectivity index (χ1) is 6.66. The summed E-state index contributed by atoms with van der Waals surface area (Å²) < 4.78 is 12.9. The Morgan fingerprint density at radius 3 is 2.93 bits per heavy atom. The Hall–Kier alpha value is -1.58. The van der Waals surface area contributed by atoms with Gasteiger partial charge in [-0.3, -0.25) is 4.79 Å². The van der Waals surface area contributed by atoms with Gasteiger partial charge in [0.25, 0.3) is 0 Å². The van der Waals surface area contributed by atoms with Gasteiger partial charge in [0.1, 0.15) is 11.6 Å². The van der Waals surface area contributed by atoms with Crippen molar-refractivity contribution in [3.05, 3.63) is 29.6 Å². The summed E-state index contributed by atoms with van der Waals surface area (Å²) in [6.07, 6.45) is 1.04. The van der Waals surface area contributed by atoms with E-state index in [1.54, 1.807) is 0 Å². The number of halogens is 1. The van der Waals surface area contributed by atoms with Gasteiger partial charge in [0, 0.05) is 12.0 Å². The van der Waals surface area contributed by atoms with Crippen LogP contribution in [-0.4, -0.2) is 11.0 Å². The van der Waals surface area contributed by atoms with Crippen molar-refractivity contribution in [1.82, 2.24) is 5.32 Å². The average Bonchev–Trinajstić information content (AvgIpc) is 2.56. The summed E-state index contributed by atoms with van der Waals surface area (Å²) in [6, 6.07) is 3.49. The largest absolute Gasteiger partial charge is 0.508 e. The van der Waals surface area contributed by atoms with E-state index in [0.29, 0.717) is 18.4 Å². The summed E-state index contributed by atoms with van der Waals surface area (Å²) >= 11 is 0. The monoisotopic (exact) mass is 195 g/mol. The third-order valence-electron chi connectivity index (χ3n) is 2.36. The van der Waals surface area contributed by atoms with Crippen molar-refractivity contribution in [1.29, 1.82) is 0 Å². The van der Waals surface area contributed by atoms with Gasteiger partial charge in [0.15, 0.2) is 0 Å². The molecule has 1 aromatic carbocycles. The molecule has 2 N–H and O–H groups in total. The molecule has 3 nitrogen and oxygen atoms in total. The second-order valence-corrected chi connectivity index (χ2v) is 3.36. The number of carbonyl (C=O) groups excluding carboxylic acids is 1. The van der Waals surface area contributed by atoms with Gasteiger partial charge in [0.05, 0.1) is 6.04 Å². The summed E-state index contributed by atoms with van der Waals surface area (Å²) in [7, 11) is 0. The Morgan fingerprint density at radius 2 is 2.29 bits per heavy atom. The lowest BCUT2D eigenvalue weighted by atomic mass is 10.0. The fourth-order valence-electron chi connectivity index (χ4n) is 1.65. The molecule has 4 heteroatoms. The zero-order valence-electron chi connectivity index (χ0n) is 7.46. The van der Waals surface area contributed by atoms with Crippen LogP contribution >= 0.6 is 0 Å². The predicted octanol–water partition coefficient (Wildman–Crippen LogP) is 1.48. The summed E-state index contributed by atoms with van der Waals surface area (Å²) in [5.74, 6) is -0.434. The Balaban J connectivity index is 2.31. The minimum absolute atomic E-state index is 0.0265. The average molecular weight is 195 g/mol. The number of hydrogen-bond donors (Lipinski definition) is 2. The molecule has 1 amide bonds. The summed E-state index contributed by atoms with van der Waals surface area (Å²) in [4.78, 5) is 10.9. The number of phenolic OH excluding ortho intramolecular Hbond substituents is 1. The molecule has 1 unspecified atom stereocenters. The fourth-order valence-corrected chi connectivity index (χ4v) is 1.65. The minimum Gasteiger partial charge on any atom is -0.508 e. The number of carbonyl (C=O) groups is 1. The van der Waals surface area contributed by atoms with Crippen LogP contribution < -0.4 is 5.32 Å². The Labute approximate surface area is 80.6 Å². The first kappa shape index (κ1) is 8.99. The lowest BCUT2D eigenvalue weighted by molar-refractivity contribution is -0.119. The van der Waals surface area contributed by atoms with E-state index in [0.717, 1.165) is 0 Å². The second-order valence-electron chi connectivity index (χ2n) is 3.36. The van der Waals surface area contributed by atoms with Gasteiger partial charge >= 0.3 is 0 Å². The molecule has 1 aliphatic heterocycles. The van der Waals surface area contributed by atoms with Crippen molar-refractivity contribution >= 4 is 5.91 Å². The zero-order chi connectivity index (χ0) is 10.1. The molecular weight excluding hydrogens is 185 g/mol. The molecule has 0 spiro atoms. The summed E-state index contributed by atoms with van der Waals surface area (Å²) in [6.45, 7) is 0. The normalized spacial score (nSPS) is 20.9. The maximum absolute atomic E-state index is 12.9. The second kappa shape index (κ2) is 3.29. The van der Waals surface area contributed by atoms with E-state index >= 15 is 0 Å². The summed E-state index contributed by atoms with van der Waals surface area (Å²) in [5.41, 5.74) is 0.454. The summed E-state index contributed by atoms with van der Waals surface area (Å²) in [5, 5.41) is 12.1. The lowest BCUT2D eigenvalue weighted by Gasteiger charge is -2.11. The highest BCUT2D eigenvalue weighted by Crippen LogP contribution is 2.30. The Morgan fingerprint density at radius 1 is 1.50 bits per heavy atom. The molecule has 1 fully saturated rings. The van der Waals surface area contributed by atoms with Gasteiger partial charge in [-0.1, -0.05) is 0 Å². The van der Waals surface area contributed by atoms with Crippen molar-refractivity contribution < 1.29 is 14.3 Å². The van der Waals surface area contributed by atoms with Crippen LogP contribution in [0.25, 0.3) is 0 Å². The molecule has 1 atom stereocenters. The first-order valence-corrected chi connectivity index (χ1v) is 4.44. The van der Waals surface area contributed by atoms with E-state index in [9.17, 15) is 14.3 Å². The number of benzene rings is 1. The van der Waals surface area contributed by atoms with E-state index in [-0.39, 0.29) is 17.7 Å². The third-order valence-corrected chi connectivity index (χ3v) is 2.36. The van der Waals surface area contributed by atoms with E-state index < -0.39 is 5.82 Å². The maximum Gasteiger partial charge on any atom is 0.220 e. The van der Waals surface area contributed by atoms with E-state index in [1.807, 2.05) is 0 Å². The molecule has 0 saturated carbocycles. The number of aromatic hydroxyl groups is 1. The van der Waals surface area contributed by atoms with Crippen molar-refractivity contribution in [3.63, 3.8) is 0 Å². The first-order valence-electron chi connectivity index (χ1n) is 4.44. The smallest absolute Gasteiger partial charge is 0.220 e. The molecule has 0 aliphatic carbocycles. The van der Waals surface area contributed by atoms with Gasteiger partial charge in [-0.2, -0.15) is 0 Å². The lowest BCUT2D eigenvalue weighted by Crippen LogP contribution is -2.18. The van der Waals surface area contributed by atoms with Gasteiger partial charge in [-0.15, -0.1) is 0 Å². The van der Waals surface area contributed by atoms with Gasteiger partial charge in [-0.25, -0.2) is 4.39 Å². The van der Waals surface area contributed by atoms with Crippen LogP contribution in [0.15, 0.2) is 18.2 Å². The molecule has 74 valence electrons. The Bertz CT molecular complexity index is 378. The molecule has 1 aliphatic rings. The molecule has 14 heavy (non-hydrogen) atoms. The number of hydrogen-bond acceptors (Lipinski definition) is 2. The SMILES string of the molecule is O=C1CCC(c2cc(F)ccc2O)N1. The van der Waals surface area contributed by atoms with Gasteiger partial charge in [-0.05, 0) is 24.6 Å². The van der Waals surface area contributed by atoms with Crippen LogP contribution in [-0.2, 0) is 4.79 Å². The molecule has 0 bridgehead atoms. The molecule has 1 saturated heterocycles. The molecule has 0 aromatic heterocycles. The van der Waals surface area contributed by atoms with E-state index in [2.05, 4.69) is 5.32 Å². The quantitative estimate of drug-likeness (QED) is 0.713. The number of amides is 1. The highest BCUT2D eigenvalue weighted by molar-refractivity contribution is 5.78. The predicted molar refractivity (Wildman–Crippen MR) is 48.2 cm³/mol. The van der Waals surface area contributed by atoms with Crippen molar-refractivity contribution in [3.8, 4) is 5.75 Å². The van der Waals surface area contributed by atoms with Crippen molar-refractivity contribution in [2.45, 2.75) is 18.9 Å². The van der Waals surface area contributed by atoms with Crippen LogP contribution in [0.5, 0.6) is 5.75 Å². The fraction of sp³-hybridized carbons (Fsp3) is 0.300. The molecular formula is C10H10FNO2. The van der Waals surface area contributed by atoms with Crippen molar-refractivity contribution in [2.75, 3.05) is 0 Å². The molecule has 2 rings (SSSR count). The highest BCUT2D eigenvalue weighted by Gasteiger charge is 2.24. The van der Waals surface area contributed by atoms with Crippen molar-refractivity contribution in [2.24, 2.45) is 0 Å². The number of rotatable bonds is 1. The van der Waals surface area contributed by atoms with E-state index in [1.165, 1.54) is 18.2 Å². The van der Waals surface area contributed by atoms with Crippen LogP contribution in [0.1, 0.15) is 24.4 Å². The van der Waals surface area contributed by atoms with Crippen LogP contribution in [0.4, 0.5) is 4.39 Å². The van der Waals surface area contributed by atoms with E-state index in [4.69, 9.17) is 0 Å². The molecule has 1 heterocycles. The Kier molecular flexibility index (Phi) is 2.11. The van der Waals surface area contributed by atoms with Gasteiger partial charge < -0.3 is 10.4 Å². The number of phenols is 1. The van der Waals surface area contributed by atoms with Gasteiger partial charge in [0.2, 0.25) is 5.91 Å². The highest BCUT2D eigenvalue weighted by atomic mass is 19.1. The van der Waals surface area contributed by atoms with Crippen LogP contribution in [0, 0.1) is 5.82 Å². The molecule has 0 radical (unpaired) electrons. The topological polar surface area (TPSA) is 49.3 Å². The number of nitrogens with one attached hydrogen (secondary N) is 1. The minimum atomic E-state index is -0.404. The standard InChI is InChI=1S/C10H10FNO2/c11-6-1-3-9(13)7(5-6)8-2-4-10(14)12-8/h1,3,5,8,13H,2,4H2,(H,12,14). The third kappa shape index (κ3) is 1.55. The van der Waals surface area contributed by atoms with Crippen LogP contribution in [0.3, 0.4) is 0 Å². The zero-order valence-corrected chi connectivity index (χ0v) is 7.46. The molecule has 1 aromatic rings. The van der Waals surface area contributed by atoms with Crippen LogP contribution in [0.2, 0.25) is 0 Å². The maximum atomic E-state index is 12.9.